The number of amides is 1. The molecule has 0 aliphatic heterocycles. The molecule has 0 heterocycles. The Kier molecular flexibility index (Phi) is 4.19. The van der Waals surface area contributed by atoms with Crippen molar-refractivity contribution in [2.24, 2.45) is 5.73 Å². The Labute approximate surface area is 72.6 Å². The van der Waals surface area contributed by atoms with Crippen molar-refractivity contribution in [1.82, 2.24) is 4.31 Å². The van der Waals surface area contributed by atoms with Crippen molar-refractivity contribution < 1.29 is 13.2 Å². The fraction of sp³-hybridized carbons (Fsp3) is 0.833. The molecule has 0 aliphatic carbocycles. The van der Waals surface area contributed by atoms with E-state index in [1.165, 1.54) is 6.92 Å². The van der Waals surface area contributed by atoms with Crippen molar-refractivity contribution >= 4 is 15.9 Å². The number of nitrogens with two attached hydrogens (primary N) is 1. The highest BCUT2D eigenvalue weighted by atomic mass is 32.2. The summed E-state index contributed by atoms with van der Waals surface area (Å²) in [6.07, 6.45) is 1.50. The van der Waals surface area contributed by atoms with E-state index in [1.807, 2.05) is 0 Å². The van der Waals surface area contributed by atoms with Crippen molar-refractivity contribution in [1.29, 1.82) is 0 Å². The van der Waals surface area contributed by atoms with E-state index in [1.54, 1.807) is 0 Å². The number of nitrogens with zero attached hydrogens (tertiary/aromatic N) is 1. The van der Waals surface area contributed by atoms with Crippen LogP contribution in [0.3, 0.4) is 0 Å². The van der Waals surface area contributed by atoms with Crippen LogP contribution in [-0.2, 0) is 14.8 Å². The summed E-state index contributed by atoms with van der Waals surface area (Å²) < 4.78 is 22.7. The molecule has 0 aromatic heterocycles. The number of hydrogen-bond acceptors (Lipinski definition) is 4. The second kappa shape index (κ2) is 4.42. The van der Waals surface area contributed by atoms with E-state index in [2.05, 4.69) is 0 Å². The molecule has 0 aromatic rings. The molecule has 0 fully saturated rings. The lowest BCUT2D eigenvalue weighted by Gasteiger charge is -2.17. The second-order valence-corrected chi connectivity index (χ2v) is 4.40. The molecule has 6 heteroatoms. The lowest BCUT2D eigenvalue weighted by atomic mass is 10.4. The van der Waals surface area contributed by atoms with Crippen molar-refractivity contribution in [2.75, 3.05) is 19.3 Å². The van der Waals surface area contributed by atoms with E-state index in [4.69, 9.17) is 5.73 Å². The van der Waals surface area contributed by atoms with Crippen LogP contribution in [0.15, 0.2) is 0 Å². The molecule has 1 amide bonds. The predicted octanol–water partition coefficient (Wildman–Crippen LogP) is -0.857. The molecule has 0 rings (SSSR count). The minimum Gasteiger partial charge on any atom is -0.330 e. The molecule has 0 spiro atoms. The Hall–Kier alpha value is -0.620. The minimum absolute atomic E-state index is 0.171. The molecule has 0 aromatic carbocycles. The van der Waals surface area contributed by atoms with Gasteiger partial charge < -0.3 is 5.73 Å². The highest BCUT2D eigenvalue weighted by Crippen LogP contribution is 1.99. The molecule has 0 saturated heterocycles. The van der Waals surface area contributed by atoms with E-state index >= 15 is 0 Å². The molecule has 5 nitrogen and oxygen atoms in total. The Balaban J connectivity index is 4.36. The van der Waals surface area contributed by atoms with Gasteiger partial charge in [-0.15, -0.1) is 0 Å². The summed E-state index contributed by atoms with van der Waals surface area (Å²) in [5.74, 6) is -0.467. The SMILES string of the molecule is CC(=O)N(CCCN)S(C)(=O)=O. The van der Waals surface area contributed by atoms with Crippen molar-refractivity contribution in [3.05, 3.63) is 0 Å². The first kappa shape index (κ1) is 11.4. The van der Waals surface area contributed by atoms with Crippen LogP contribution in [0.4, 0.5) is 0 Å². The molecular weight excluding hydrogens is 180 g/mol. The van der Waals surface area contributed by atoms with Crippen LogP contribution in [0.25, 0.3) is 0 Å². The third kappa shape index (κ3) is 3.68. The van der Waals surface area contributed by atoms with Gasteiger partial charge in [-0.25, -0.2) is 12.7 Å². The van der Waals surface area contributed by atoms with Gasteiger partial charge in [0.2, 0.25) is 15.9 Å². The Morgan fingerprint density at radius 2 is 2.00 bits per heavy atom. The first-order chi connectivity index (χ1) is 5.39. The molecule has 0 unspecified atom stereocenters. The third-order valence-corrected chi connectivity index (χ3v) is 2.56. The summed E-state index contributed by atoms with van der Waals surface area (Å²) in [7, 11) is -3.41. The van der Waals surface area contributed by atoms with Gasteiger partial charge in [-0.1, -0.05) is 0 Å². The lowest BCUT2D eigenvalue weighted by molar-refractivity contribution is -0.124. The van der Waals surface area contributed by atoms with Gasteiger partial charge in [0.25, 0.3) is 0 Å². The topological polar surface area (TPSA) is 80.5 Å². The Bertz CT molecular complexity index is 248. The average Bonchev–Trinajstić information content (AvgIpc) is 1.84. The summed E-state index contributed by atoms with van der Waals surface area (Å²) in [5, 5.41) is 0. The zero-order chi connectivity index (χ0) is 9.78. The number of sulfonamides is 1. The molecule has 0 radical (unpaired) electrons. The fourth-order valence-corrected chi connectivity index (χ4v) is 1.72. The molecule has 0 aliphatic rings. The fourth-order valence-electron chi connectivity index (χ4n) is 0.792. The van der Waals surface area contributed by atoms with Crippen LogP contribution >= 0.6 is 0 Å². The van der Waals surface area contributed by atoms with Crippen LogP contribution in [-0.4, -0.2) is 38.0 Å². The number of hydrogen-bond donors (Lipinski definition) is 1. The summed E-state index contributed by atoms with van der Waals surface area (Å²) in [4.78, 5) is 10.8. The Morgan fingerprint density at radius 1 is 1.50 bits per heavy atom. The molecule has 0 atom stereocenters. The summed E-state index contributed by atoms with van der Waals surface area (Å²) in [5.41, 5.74) is 5.19. The van der Waals surface area contributed by atoms with Gasteiger partial charge in [-0.3, -0.25) is 4.79 Å². The summed E-state index contributed by atoms with van der Waals surface area (Å²) in [6.45, 7) is 1.77. The van der Waals surface area contributed by atoms with Crippen molar-refractivity contribution in [2.45, 2.75) is 13.3 Å². The maximum absolute atomic E-state index is 10.9. The summed E-state index contributed by atoms with van der Waals surface area (Å²) >= 11 is 0. The van der Waals surface area contributed by atoms with Crippen LogP contribution in [0.2, 0.25) is 0 Å². The highest BCUT2D eigenvalue weighted by molar-refractivity contribution is 7.88. The van der Waals surface area contributed by atoms with Gasteiger partial charge in [-0.05, 0) is 13.0 Å². The number of carbonyl (C=O) groups is 1. The third-order valence-electron chi connectivity index (χ3n) is 1.32. The van der Waals surface area contributed by atoms with Gasteiger partial charge in [0.1, 0.15) is 0 Å². The molecule has 0 saturated carbocycles. The molecule has 72 valence electrons. The van der Waals surface area contributed by atoms with Crippen molar-refractivity contribution in [3.8, 4) is 0 Å². The first-order valence-electron chi connectivity index (χ1n) is 3.58. The quantitative estimate of drug-likeness (QED) is 0.631. The maximum atomic E-state index is 10.9. The smallest absolute Gasteiger partial charge is 0.234 e. The monoisotopic (exact) mass is 194 g/mol. The van der Waals surface area contributed by atoms with E-state index < -0.39 is 15.9 Å². The van der Waals surface area contributed by atoms with Crippen LogP contribution in [0.5, 0.6) is 0 Å². The first-order valence-corrected chi connectivity index (χ1v) is 5.42. The maximum Gasteiger partial charge on any atom is 0.234 e. The summed E-state index contributed by atoms with van der Waals surface area (Å²) in [6, 6.07) is 0. The lowest BCUT2D eigenvalue weighted by Crippen LogP contribution is -2.35. The molecule has 12 heavy (non-hydrogen) atoms. The number of carbonyl (C=O) groups excluding carboxylic acids is 1. The van der Waals surface area contributed by atoms with E-state index in [0.29, 0.717) is 13.0 Å². The van der Waals surface area contributed by atoms with Gasteiger partial charge in [0.05, 0.1) is 6.26 Å². The van der Waals surface area contributed by atoms with Crippen LogP contribution in [0.1, 0.15) is 13.3 Å². The minimum atomic E-state index is -3.41. The zero-order valence-electron chi connectivity index (χ0n) is 7.28. The second-order valence-electron chi connectivity index (χ2n) is 2.50. The van der Waals surface area contributed by atoms with Gasteiger partial charge in [-0.2, -0.15) is 0 Å². The van der Waals surface area contributed by atoms with Gasteiger partial charge in [0.15, 0.2) is 0 Å². The standard InChI is InChI=1S/C6H14N2O3S/c1-6(9)8(5-3-4-7)12(2,10)11/h3-5,7H2,1-2H3. The molecule has 0 bridgehead atoms. The predicted molar refractivity (Wildman–Crippen MR) is 45.9 cm³/mol. The van der Waals surface area contributed by atoms with Crippen LogP contribution in [0, 0.1) is 0 Å². The van der Waals surface area contributed by atoms with E-state index in [0.717, 1.165) is 10.6 Å². The number of rotatable bonds is 4. The highest BCUT2D eigenvalue weighted by Gasteiger charge is 2.17. The average molecular weight is 194 g/mol. The van der Waals surface area contributed by atoms with Gasteiger partial charge >= 0.3 is 0 Å². The normalized spacial score (nSPS) is 11.2. The van der Waals surface area contributed by atoms with E-state index in [9.17, 15) is 13.2 Å². The molecular formula is C6H14N2O3S. The molecule has 2 N–H and O–H groups in total. The van der Waals surface area contributed by atoms with E-state index in [-0.39, 0.29) is 6.54 Å². The van der Waals surface area contributed by atoms with Gasteiger partial charge in [0, 0.05) is 13.5 Å². The zero-order valence-corrected chi connectivity index (χ0v) is 8.10. The Morgan fingerprint density at radius 3 is 2.25 bits per heavy atom. The van der Waals surface area contributed by atoms with Crippen LogP contribution < -0.4 is 5.73 Å². The van der Waals surface area contributed by atoms with Crippen molar-refractivity contribution in [3.63, 3.8) is 0 Å². The largest absolute Gasteiger partial charge is 0.330 e.